The Morgan fingerprint density at radius 1 is 0.710 bits per heavy atom. The number of unbranched alkanes of at least 4 members (excludes halogenated alkanes) is 2. The maximum atomic E-state index is 2.86. The van der Waals surface area contributed by atoms with Crippen molar-refractivity contribution in [2.24, 2.45) is 0 Å². The van der Waals surface area contributed by atoms with Gasteiger partial charge < -0.3 is 0 Å². The van der Waals surface area contributed by atoms with Crippen LogP contribution >= 0.6 is 0 Å². The molecule has 0 spiro atoms. The van der Waals surface area contributed by atoms with Gasteiger partial charge in [-0.25, -0.2) is 0 Å². The van der Waals surface area contributed by atoms with Crippen molar-refractivity contribution < 1.29 is 17.1 Å². The van der Waals surface area contributed by atoms with Crippen molar-refractivity contribution in [3.8, 4) is 0 Å². The molecule has 2 aliphatic carbocycles. The van der Waals surface area contributed by atoms with E-state index in [-0.39, 0.29) is 0 Å². The van der Waals surface area contributed by atoms with E-state index < -0.39 is 17.1 Å². The summed E-state index contributed by atoms with van der Waals surface area (Å²) < 4.78 is 7.08. The molecule has 2 aliphatic rings. The fraction of sp³-hybridized carbons (Fsp3) is 0.448. The molecule has 0 saturated carbocycles. The van der Waals surface area contributed by atoms with Crippen LogP contribution in [0.1, 0.15) is 78.0 Å². The summed E-state index contributed by atoms with van der Waals surface area (Å²) in [4.78, 5) is 0. The molecule has 0 fully saturated rings. The third kappa shape index (κ3) is 3.76. The normalized spacial score (nSPS) is 19.6. The molecule has 0 N–H and O–H groups in total. The van der Waals surface area contributed by atoms with Crippen LogP contribution in [0, 0.1) is 27.7 Å². The quantitative estimate of drug-likeness (QED) is 0.232. The average molecular weight is 595 g/mol. The fourth-order valence-electron chi connectivity index (χ4n) is 6.47. The Morgan fingerprint density at radius 2 is 1.16 bits per heavy atom. The standard InChI is InChI=1S/2C11H11.C5H12Si.2CH3.Hf/c2*1-8-6-7-9(2)11-5-3-4-10(8)11;1-2-3-4-5-6;;;/h2*3-7H,1-2H3;6H,2-5H2,1H3;2*1H3;. The summed E-state index contributed by atoms with van der Waals surface area (Å²) in [6.07, 6.45) is 14.9. The molecular weight excluding hydrogens is 555 g/mol. The van der Waals surface area contributed by atoms with E-state index in [4.69, 9.17) is 0 Å². The van der Waals surface area contributed by atoms with Crippen LogP contribution in [0.5, 0.6) is 0 Å². The third-order valence-electron chi connectivity index (χ3n) is 8.54. The Morgan fingerprint density at radius 3 is 1.61 bits per heavy atom. The molecule has 2 atom stereocenters. The van der Waals surface area contributed by atoms with Crippen LogP contribution in [0.25, 0.3) is 12.2 Å². The van der Waals surface area contributed by atoms with Crippen molar-refractivity contribution in [1.29, 1.82) is 0 Å². The van der Waals surface area contributed by atoms with Gasteiger partial charge in [-0.3, -0.25) is 0 Å². The predicted molar refractivity (Wildman–Crippen MR) is 139 cm³/mol. The molecule has 0 heterocycles. The second-order valence-corrected chi connectivity index (χ2v) is 55.6. The van der Waals surface area contributed by atoms with Gasteiger partial charge in [0.25, 0.3) is 0 Å². The monoisotopic (exact) mass is 596 g/mol. The Bertz CT molecular complexity index is 1080. The van der Waals surface area contributed by atoms with Crippen molar-refractivity contribution in [3.63, 3.8) is 0 Å². The Hall–Kier alpha value is -0.993. The molecule has 2 aromatic rings. The molecule has 0 saturated heterocycles. The first-order chi connectivity index (χ1) is 14.7. The molecule has 2 unspecified atom stereocenters. The molecule has 4 rings (SSSR count). The van der Waals surface area contributed by atoms with Gasteiger partial charge in [-0.05, 0) is 0 Å². The van der Waals surface area contributed by atoms with E-state index in [1.165, 1.54) is 58.7 Å². The van der Waals surface area contributed by atoms with Gasteiger partial charge in [-0.15, -0.1) is 0 Å². The molecule has 0 bridgehead atoms. The van der Waals surface area contributed by atoms with E-state index >= 15 is 0 Å². The zero-order valence-corrected chi connectivity index (χ0v) is 25.4. The molecule has 0 radical (unpaired) electrons. The van der Waals surface area contributed by atoms with E-state index in [0.717, 1.165) is 0 Å². The summed E-state index contributed by atoms with van der Waals surface area (Å²) >= 11 is -3.45. The minimum atomic E-state index is -3.45. The SMILES string of the molecule is CCCCC[SiH]=[Hf]([CH3])([CH3])([CH]1C=Cc2c(C)ccc(C)c21)[CH]1C=Cc2c(C)ccc(C)c21. The van der Waals surface area contributed by atoms with Crippen molar-refractivity contribution >= 4 is 18.4 Å². The molecule has 0 aliphatic heterocycles. The van der Waals surface area contributed by atoms with E-state index in [1.54, 1.807) is 11.1 Å². The number of aryl methyl sites for hydroxylation is 4. The third-order valence-corrected chi connectivity index (χ3v) is 50.9. The first-order valence-electron chi connectivity index (χ1n) is 12.3. The van der Waals surface area contributed by atoms with Crippen molar-refractivity contribution in [2.75, 3.05) is 0 Å². The molecule has 164 valence electrons. The molecule has 0 amide bonds. The molecule has 0 aromatic heterocycles. The number of hydrogen-bond acceptors (Lipinski definition) is 0. The second kappa shape index (κ2) is 8.41. The number of benzene rings is 2. The topological polar surface area (TPSA) is 0 Å². The molecule has 2 aromatic carbocycles. The van der Waals surface area contributed by atoms with Crippen LogP contribution in [0.4, 0.5) is 0 Å². The van der Waals surface area contributed by atoms with Crippen LogP contribution in [0.15, 0.2) is 36.4 Å². The second-order valence-electron chi connectivity index (χ2n) is 11.2. The maximum absolute atomic E-state index is 3.45. The van der Waals surface area contributed by atoms with Gasteiger partial charge in [-0.1, -0.05) is 0 Å². The Labute approximate surface area is 192 Å². The van der Waals surface area contributed by atoms with Crippen molar-refractivity contribution in [3.05, 3.63) is 80.9 Å². The number of fused-ring (bicyclic) bond motifs is 2. The van der Waals surface area contributed by atoms with Gasteiger partial charge >= 0.3 is 193 Å². The number of hydrogen-bond donors (Lipinski definition) is 0. The summed E-state index contributed by atoms with van der Waals surface area (Å²) in [6.45, 7) is 11.6. The van der Waals surface area contributed by atoms with E-state index in [9.17, 15) is 0 Å². The van der Waals surface area contributed by atoms with Gasteiger partial charge in [0.15, 0.2) is 0 Å². The summed E-state index contributed by atoms with van der Waals surface area (Å²) in [6, 6.07) is 10.9. The summed E-state index contributed by atoms with van der Waals surface area (Å²) in [7, 11) is 0. The van der Waals surface area contributed by atoms with Gasteiger partial charge in [0.05, 0.1) is 0 Å². The molecule has 0 nitrogen and oxygen atoms in total. The number of rotatable bonds is 6. The zero-order valence-electron chi connectivity index (χ0n) is 20.7. The summed E-state index contributed by atoms with van der Waals surface area (Å²) in [5.74, 6) is 0. The fourth-order valence-corrected chi connectivity index (χ4v) is 46.2. The average Bonchev–Trinajstić information content (AvgIpc) is 3.39. The van der Waals surface area contributed by atoms with Crippen molar-refractivity contribution in [2.45, 2.75) is 76.6 Å². The molecule has 2 heteroatoms. The first-order valence-corrected chi connectivity index (χ1v) is 31.2. The number of allylic oxidation sites excluding steroid dienone is 2. The van der Waals surface area contributed by atoms with Gasteiger partial charge in [0.2, 0.25) is 0 Å². The van der Waals surface area contributed by atoms with Crippen LogP contribution in [-0.4, -0.2) is 6.22 Å². The summed E-state index contributed by atoms with van der Waals surface area (Å²) in [5.41, 5.74) is 12.4. The Kier molecular flexibility index (Phi) is 6.29. The van der Waals surface area contributed by atoms with Crippen LogP contribution in [0.3, 0.4) is 0 Å². The van der Waals surface area contributed by atoms with Gasteiger partial charge in [0, 0.05) is 0 Å². The van der Waals surface area contributed by atoms with Crippen molar-refractivity contribution in [1.82, 2.24) is 0 Å². The van der Waals surface area contributed by atoms with E-state index in [2.05, 4.69) is 92.5 Å². The minimum absolute atomic E-state index is 0.484. The predicted octanol–water partition coefficient (Wildman–Crippen LogP) is 8.50. The van der Waals surface area contributed by atoms with Crippen LogP contribution in [-0.2, 0) is 17.1 Å². The van der Waals surface area contributed by atoms with E-state index in [0.29, 0.717) is 13.6 Å². The molecular formula is C29H40HfSi. The van der Waals surface area contributed by atoms with Crippen LogP contribution < -0.4 is 0 Å². The Balaban J connectivity index is 1.95. The molecule has 31 heavy (non-hydrogen) atoms. The van der Waals surface area contributed by atoms with Crippen LogP contribution in [0.2, 0.25) is 15.4 Å². The first kappa shape index (κ1) is 23.2. The van der Waals surface area contributed by atoms with Gasteiger partial charge in [-0.2, -0.15) is 0 Å². The summed E-state index contributed by atoms with van der Waals surface area (Å²) in [5, 5.41) is 0. The van der Waals surface area contributed by atoms with E-state index in [1.807, 2.05) is 0 Å². The van der Waals surface area contributed by atoms with Gasteiger partial charge in [0.1, 0.15) is 0 Å². The zero-order chi connectivity index (χ0) is 22.4.